The van der Waals surface area contributed by atoms with Gasteiger partial charge >= 0.3 is 6.18 Å². The Bertz CT molecular complexity index is 379. The van der Waals surface area contributed by atoms with Crippen LogP contribution in [0.25, 0.3) is 0 Å². The van der Waals surface area contributed by atoms with Crippen LogP contribution in [0.2, 0.25) is 0 Å². The Morgan fingerprint density at radius 2 is 2.00 bits per heavy atom. The molecule has 16 heavy (non-hydrogen) atoms. The Morgan fingerprint density at radius 1 is 1.38 bits per heavy atom. The number of alkyl halides is 3. The fraction of sp³-hybridized carbons (Fsp3) is 0.400. The molecular formula is C10H12F3NOS. The lowest BCUT2D eigenvalue weighted by atomic mass is 10.2. The predicted molar refractivity (Wildman–Crippen MR) is 58.9 cm³/mol. The summed E-state index contributed by atoms with van der Waals surface area (Å²) in [5.41, 5.74) is 6.69. The first-order valence-electron chi connectivity index (χ1n) is 4.47. The molecule has 2 nitrogen and oxygen atoms in total. The molecule has 0 aliphatic carbocycles. The van der Waals surface area contributed by atoms with Crippen LogP contribution in [-0.4, -0.2) is 19.0 Å². The van der Waals surface area contributed by atoms with E-state index in [4.69, 9.17) is 10.5 Å². The zero-order chi connectivity index (χ0) is 12.3. The number of nitrogen functional groups attached to an aromatic ring is 1. The molecule has 0 fully saturated rings. The van der Waals surface area contributed by atoms with Gasteiger partial charge in [-0.05, 0) is 24.6 Å². The number of ether oxygens (including phenoxy) is 1. The van der Waals surface area contributed by atoms with Crippen molar-refractivity contribution in [2.75, 3.05) is 18.6 Å². The van der Waals surface area contributed by atoms with E-state index < -0.39 is 11.9 Å². The monoisotopic (exact) mass is 251 g/mol. The lowest BCUT2D eigenvalue weighted by Gasteiger charge is -2.11. The second-order valence-electron chi connectivity index (χ2n) is 3.26. The third-order valence-corrected chi connectivity index (χ3v) is 3.14. The van der Waals surface area contributed by atoms with E-state index in [0.717, 1.165) is 17.3 Å². The number of hydrogen-bond acceptors (Lipinski definition) is 3. The maximum atomic E-state index is 12.0. The molecular weight excluding hydrogens is 239 g/mol. The number of nitrogens with two attached hydrogens (primary N) is 1. The Labute approximate surface area is 96.0 Å². The number of methoxy groups -OCH3 is 1. The first-order valence-corrected chi connectivity index (χ1v) is 5.45. The number of benzene rings is 1. The summed E-state index contributed by atoms with van der Waals surface area (Å²) in [5.74, 6) is -0.437. The molecule has 0 unspecified atom stereocenters. The smallest absolute Gasteiger partial charge is 0.398 e. The SMILES string of the molecule is COc1cc(C)c(SCC(F)(F)F)cc1N. The van der Waals surface area contributed by atoms with Gasteiger partial charge in [-0.3, -0.25) is 0 Å². The fourth-order valence-electron chi connectivity index (χ4n) is 1.17. The first kappa shape index (κ1) is 13.0. The number of anilines is 1. The zero-order valence-electron chi connectivity index (χ0n) is 8.89. The van der Waals surface area contributed by atoms with Crippen LogP contribution in [0.3, 0.4) is 0 Å². The molecule has 0 aromatic heterocycles. The van der Waals surface area contributed by atoms with Crippen LogP contribution < -0.4 is 10.5 Å². The average Bonchev–Trinajstić information content (AvgIpc) is 2.17. The summed E-state index contributed by atoms with van der Waals surface area (Å²) >= 11 is 0.727. The van der Waals surface area contributed by atoms with Gasteiger partial charge in [0.25, 0.3) is 0 Å². The van der Waals surface area contributed by atoms with E-state index in [1.165, 1.54) is 13.2 Å². The molecule has 0 amide bonds. The third-order valence-electron chi connectivity index (χ3n) is 1.92. The van der Waals surface area contributed by atoms with Crippen molar-refractivity contribution in [1.82, 2.24) is 0 Å². The van der Waals surface area contributed by atoms with Crippen molar-refractivity contribution < 1.29 is 17.9 Å². The van der Waals surface area contributed by atoms with Gasteiger partial charge in [0.2, 0.25) is 0 Å². The van der Waals surface area contributed by atoms with Crippen molar-refractivity contribution in [2.45, 2.75) is 18.0 Å². The van der Waals surface area contributed by atoms with Gasteiger partial charge in [0, 0.05) is 4.90 Å². The van der Waals surface area contributed by atoms with E-state index in [-0.39, 0.29) is 0 Å². The first-order chi connectivity index (χ1) is 7.33. The minimum absolute atomic E-state index is 0.345. The Morgan fingerprint density at radius 3 is 2.50 bits per heavy atom. The standard InChI is InChI=1S/C10H12F3NOS/c1-6-3-8(15-2)7(14)4-9(6)16-5-10(11,12)13/h3-4H,5,14H2,1-2H3. The normalized spacial score (nSPS) is 11.6. The van der Waals surface area contributed by atoms with E-state index in [1.807, 2.05) is 0 Å². The molecule has 0 spiro atoms. The topological polar surface area (TPSA) is 35.2 Å². The molecule has 0 saturated heterocycles. The van der Waals surface area contributed by atoms with Gasteiger partial charge in [-0.15, -0.1) is 11.8 Å². The van der Waals surface area contributed by atoms with Crippen molar-refractivity contribution in [3.05, 3.63) is 17.7 Å². The number of halogens is 3. The lowest BCUT2D eigenvalue weighted by Crippen LogP contribution is -2.10. The van der Waals surface area contributed by atoms with Gasteiger partial charge in [-0.25, -0.2) is 0 Å². The van der Waals surface area contributed by atoms with Gasteiger partial charge in [-0.1, -0.05) is 0 Å². The highest BCUT2D eigenvalue weighted by molar-refractivity contribution is 7.99. The summed E-state index contributed by atoms with van der Waals surface area (Å²) in [6.45, 7) is 1.72. The van der Waals surface area contributed by atoms with Gasteiger partial charge in [0.1, 0.15) is 5.75 Å². The molecule has 0 aliphatic heterocycles. The van der Waals surface area contributed by atoms with E-state index in [0.29, 0.717) is 16.3 Å². The molecule has 1 rings (SSSR count). The summed E-state index contributed by atoms with van der Waals surface area (Å²) in [7, 11) is 1.47. The molecule has 1 aromatic carbocycles. The maximum absolute atomic E-state index is 12.0. The summed E-state index contributed by atoms with van der Waals surface area (Å²) < 4.78 is 41.1. The minimum Gasteiger partial charge on any atom is -0.495 e. The van der Waals surface area contributed by atoms with E-state index >= 15 is 0 Å². The Balaban J connectivity index is 2.86. The van der Waals surface area contributed by atoms with Gasteiger partial charge in [0.15, 0.2) is 0 Å². The Hall–Kier alpha value is -1.04. The van der Waals surface area contributed by atoms with Crippen molar-refractivity contribution >= 4 is 17.4 Å². The summed E-state index contributed by atoms with van der Waals surface area (Å²) in [6.07, 6.45) is -4.17. The number of rotatable bonds is 3. The maximum Gasteiger partial charge on any atom is 0.398 e. The largest absolute Gasteiger partial charge is 0.495 e. The number of aryl methyl sites for hydroxylation is 1. The van der Waals surface area contributed by atoms with E-state index in [9.17, 15) is 13.2 Å². The van der Waals surface area contributed by atoms with Crippen LogP contribution in [0.15, 0.2) is 17.0 Å². The molecule has 6 heteroatoms. The van der Waals surface area contributed by atoms with Crippen LogP contribution in [0.1, 0.15) is 5.56 Å². The molecule has 0 atom stereocenters. The van der Waals surface area contributed by atoms with Gasteiger partial charge < -0.3 is 10.5 Å². The Kier molecular flexibility index (Phi) is 3.96. The molecule has 1 aromatic rings. The minimum atomic E-state index is -4.17. The van der Waals surface area contributed by atoms with E-state index in [2.05, 4.69) is 0 Å². The molecule has 0 radical (unpaired) electrons. The van der Waals surface area contributed by atoms with Gasteiger partial charge in [0.05, 0.1) is 18.6 Å². The highest BCUT2D eigenvalue weighted by Gasteiger charge is 2.27. The lowest BCUT2D eigenvalue weighted by molar-refractivity contribution is -0.105. The van der Waals surface area contributed by atoms with Crippen molar-refractivity contribution in [3.63, 3.8) is 0 Å². The summed E-state index contributed by atoms with van der Waals surface area (Å²) in [6, 6.07) is 3.14. The van der Waals surface area contributed by atoms with Crippen molar-refractivity contribution in [2.24, 2.45) is 0 Å². The highest BCUT2D eigenvalue weighted by atomic mass is 32.2. The molecule has 0 heterocycles. The summed E-state index contributed by atoms with van der Waals surface area (Å²) in [5, 5.41) is 0. The number of thioether (sulfide) groups is 1. The second kappa shape index (κ2) is 4.86. The van der Waals surface area contributed by atoms with Crippen molar-refractivity contribution in [3.8, 4) is 5.75 Å². The highest BCUT2D eigenvalue weighted by Crippen LogP contribution is 2.34. The summed E-state index contributed by atoms with van der Waals surface area (Å²) in [4.78, 5) is 0.524. The van der Waals surface area contributed by atoms with E-state index in [1.54, 1.807) is 13.0 Å². The van der Waals surface area contributed by atoms with Crippen LogP contribution >= 0.6 is 11.8 Å². The predicted octanol–water partition coefficient (Wildman–Crippen LogP) is 3.24. The molecule has 90 valence electrons. The molecule has 2 N–H and O–H groups in total. The fourth-order valence-corrected chi connectivity index (χ4v) is 1.99. The van der Waals surface area contributed by atoms with Crippen LogP contribution in [0.5, 0.6) is 5.75 Å². The molecule has 0 bridgehead atoms. The third kappa shape index (κ3) is 3.52. The number of hydrogen-bond donors (Lipinski definition) is 1. The second-order valence-corrected chi connectivity index (χ2v) is 4.28. The molecule has 0 aliphatic rings. The van der Waals surface area contributed by atoms with Crippen LogP contribution in [0, 0.1) is 6.92 Å². The quantitative estimate of drug-likeness (QED) is 0.661. The van der Waals surface area contributed by atoms with Crippen LogP contribution in [0.4, 0.5) is 18.9 Å². The van der Waals surface area contributed by atoms with Crippen molar-refractivity contribution in [1.29, 1.82) is 0 Å². The average molecular weight is 251 g/mol. The zero-order valence-corrected chi connectivity index (χ0v) is 9.71. The molecule has 0 saturated carbocycles. The van der Waals surface area contributed by atoms with Crippen LogP contribution in [-0.2, 0) is 0 Å². The van der Waals surface area contributed by atoms with Gasteiger partial charge in [-0.2, -0.15) is 13.2 Å².